The molecule has 6 aromatic rings. The molecule has 0 unspecified atom stereocenters. The molecule has 17 nitrogen and oxygen atoms in total. The molecular weight excluding hydrogens is 747 g/mol. The van der Waals surface area contributed by atoms with E-state index < -0.39 is 12.1 Å². The summed E-state index contributed by atoms with van der Waals surface area (Å²) >= 11 is 0. The highest BCUT2D eigenvalue weighted by Gasteiger charge is 2.31. The number of imide groups is 1. The van der Waals surface area contributed by atoms with Crippen LogP contribution in [0.3, 0.4) is 0 Å². The molecule has 0 spiro atoms. The summed E-state index contributed by atoms with van der Waals surface area (Å²) in [4.78, 5) is 37.7. The number of para-hydroxylation sites is 1. The normalized spacial score (nSPS) is 19.8. The predicted octanol–water partition coefficient (Wildman–Crippen LogP) is 5.47. The first kappa shape index (κ1) is 37.8. The monoisotopic (exact) mass is 791 g/mol. The van der Waals surface area contributed by atoms with Crippen molar-refractivity contribution in [3.8, 4) is 23.6 Å². The highest BCUT2D eigenvalue weighted by molar-refractivity contribution is 6.09. The van der Waals surface area contributed by atoms with Crippen LogP contribution in [-0.4, -0.2) is 93.6 Å². The first-order valence-electron chi connectivity index (χ1n) is 20.4. The largest absolute Gasteiger partial charge is 0.368 e. The number of nitrogens with one attached hydrogen (secondary N) is 2. The number of likely N-dealkylation sites (tertiary alicyclic amines) is 1. The van der Waals surface area contributed by atoms with Crippen LogP contribution in [0.1, 0.15) is 86.9 Å². The average molecular weight is 792 g/mol. The van der Waals surface area contributed by atoms with Crippen molar-refractivity contribution in [1.82, 2.24) is 54.7 Å². The second-order valence-corrected chi connectivity index (χ2v) is 16.0. The van der Waals surface area contributed by atoms with E-state index in [4.69, 9.17) is 5.10 Å². The van der Waals surface area contributed by atoms with Gasteiger partial charge in [0.1, 0.15) is 17.8 Å². The number of piperidine rings is 1. The van der Waals surface area contributed by atoms with E-state index in [1.165, 1.54) is 18.2 Å². The molecule has 300 valence electrons. The Morgan fingerprint density at radius 3 is 2.59 bits per heavy atom. The minimum absolute atomic E-state index is 0.250. The predicted molar refractivity (Wildman–Crippen MR) is 219 cm³/mol. The number of urea groups is 1. The van der Waals surface area contributed by atoms with E-state index in [1.807, 2.05) is 30.1 Å². The van der Waals surface area contributed by atoms with Crippen LogP contribution in [0.25, 0.3) is 33.4 Å². The summed E-state index contributed by atoms with van der Waals surface area (Å²) in [5, 5.41) is 44.6. The number of nitriles is 2. The molecule has 59 heavy (non-hydrogen) atoms. The second-order valence-electron chi connectivity index (χ2n) is 16.0. The van der Waals surface area contributed by atoms with Gasteiger partial charge in [0, 0.05) is 49.0 Å². The van der Waals surface area contributed by atoms with Gasteiger partial charge in [-0.3, -0.25) is 19.7 Å². The number of aryl methyl sites for hydroxylation is 1. The number of aromatic nitrogens is 9. The Balaban J connectivity index is 0.798. The van der Waals surface area contributed by atoms with Crippen molar-refractivity contribution in [3.63, 3.8) is 0 Å². The number of nitrogens with zero attached hydrogens (tertiary/aromatic N) is 13. The van der Waals surface area contributed by atoms with Gasteiger partial charge in [0.2, 0.25) is 5.91 Å². The summed E-state index contributed by atoms with van der Waals surface area (Å²) < 4.78 is 5.24. The quantitative estimate of drug-likeness (QED) is 0.177. The van der Waals surface area contributed by atoms with Crippen molar-refractivity contribution in [2.24, 2.45) is 13.0 Å². The van der Waals surface area contributed by atoms with Crippen LogP contribution in [-0.2, 0) is 11.8 Å². The first-order valence-corrected chi connectivity index (χ1v) is 20.4. The molecule has 2 saturated heterocycles. The fraction of sp³-hybridized carbons (Fsp3) is 0.429. The van der Waals surface area contributed by atoms with E-state index in [0.717, 1.165) is 80.1 Å². The Labute approximate surface area is 340 Å². The molecular formula is C42H45N15O2. The standard InChI is InChI=1S/C42H45N15O2/c1-26(20-43)48-34-19-37(57-40-31(23-47-57)18-28(21-44)22-46-40)45-24-36(34)56-25-35(50-52-56)30-8-6-27(7-9-30)10-14-54-15-11-29(12-16-54)32-4-3-5-33-39(32)53(2)51-41(33)55-17-13-38(58)49-42(55)59/h3-5,18-19,22-27,29-30H,6-17H2,1-2H3,(H,45,48)(H,49,58,59)/t26-,27?,30?/m1/s1. The molecule has 5 aromatic heterocycles. The summed E-state index contributed by atoms with van der Waals surface area (Å²) in [5.74, 6) is 2.31. The molecule has 3 fully saturated rings. The van der Waals surface area contributed by atoms with Crippen molar-refractivity contribution in [2.45, 2.75) is 76.2 Å². The summed E-state index contributed by atoms with van der Waals surface area (Å²) in [5.41, 5.74) is 5.68. The van der Waals surface area contributed by atoms with E-state index in [9.17, 15) is 20.1 Å². The maximum absolute atomic E-state index is 12.6. The molecule has 17 heteroatoms. The summed E-state index contributed by atoms with van der Waals surface area (Å²) in [7, 11) is 1.94. The lowest BCUT2D eigenvalue weighted by molar-refractivity contribution is -0.120. The number of benzene rings is 1. The lowest BCUT2D eigenvalue weighted by Gasteiger charge is -2.34. The van der Waals surface area contributed by atoms with E-state index in [-0.39, 0.29) is 12.3 Å². The fourth-order valence-electron chi connectivity index (χ4n) is 9.07. The first-order chi connectivity index (χ1) is 28.8. The number of hydrogen-bond donors (Lipinski definition) is 2. The number of carbonyl (C=O) groups excluding carboxylic acids is 2. The van der Waals surface area contributed by atoms with Gasteiger partial charge < -0.3 is 10.2 Å². The molecule has 1 aromatic carbocycles. The van der Waals surface area contributed by atoms with Crippen molar-refractivity contribution in [2.75, 3.05) is 36.4 Å². The minimum atomic E-state index is -0.471. The lowest BCUT2D eigenvalue weighted by Crippen LogP contribution is -2.49. The van der Waals surface area contributed by atoms with Crippen molar-refractivity contribution in [3.05, 3.63) is 71.9 Å². The summed E-state index contributed by atoms with van der Waals surface area (Å²) in [6.07, 6.45) is 14.9. The van der Waals surface area contributed by atoms with Crippen molar-refractivity contribution in [1.29, 1.82) is 10.5 Å². The van der Waals surface area contributed by atoms with Crippen LogP contribution in [0.2, 0.25) is 0 Å². The molecule has 2 aliphatic heterocycles. The zero-order valence-corrected chi connectivity index (χ0v) is 33.1. The summed E-state index contributed by atoms with van der Waals surface area (Å²) in [6.45, 7) is 5.33. The zero-order chi connectivity index (χ0) is 40.6. The molecule has 2 N–H and O–H groups in total. The van der Waals surface area contributed by atoms with Crippen molar-refractivity contribution >= 4 is 45.4 Å². The van der Waals surface area contributed by atoms with Crippen molar-refractivity contribution < 1.29 is 9.59 Å². The van der Waals surface area contributed by atoms with E-state index in [2.05, 4.69) is 65.2 Å². The molecule has 7 heterocycles. The van der Waals surface area contributed by atoms with Crippen LogP contribution >= 0.6 is 0 Å². The second kappa shape index (κ2) is 15.9. The lowest BCUT2D eigenvalue weighted by atomic mass is 9.79. The highest BCUT2D eigenvalue weighted by atomic mass is 16.2. The molecule has 1 saturated carbocycles. The summed E-state index contributed by atoms with van der Waals surface area (Å²) in [6, 6.07) is 13.3. The highest BCUT2D eigenvalue weighted by Crippen LogP contribution is 2.39. The van der Waals surface area contributed by atoms with Gasteiger partial charge in [-0.2, -0.15) is 25.4 Å². The van der Waals surface area contributed by atoms with E-state index >= 15 is 0 Å². The van der Waals surface area contributed by atoms with Gasteiger partial charge in [-0.1, -0.05) is 17.3 Å². The molecule has 3 amide bonds. The Morgan fingerprint density at radius 1 is 0.983 bits per heavy atom. The Bertz CT molecular complexity index is 2630. The van der Waals surface area contributed by atoms with Crippen LogP contribution < -0.4 is 15.5 Å². The van der Waals surface area contributed by atoms with Gasteiger partial charge in [-0.05, 0) is 101 Å². The maximum Gasteiger partial charge on any atom is 0.329 e. The fourth-order valence-corrected chi connectivity index (χ4v) is 9.07. The van der Waals surface area contributed by atoms with Crippen LogP contribution in [0.15, 0.2) is 55.1 Å². The topological polar surface area (TPSA) is 204 Å². The van der Waals surface area contributed by atoms with Crippen LogP contribution in [0.5, 0.6) is 0 Å². The third-order valence-electron chi connectivity index (χ3n) is 12.3. The molecule has 1 atom stereocenters. The minimum Gasteiger partial charge on any atom is -0.368 e. The number of hydrogen-bond acceptors (Lipinski definition) is 12. The SMILES string of the molecule is C[C@H](C#N)Nc1cc(-n2ncc3cc(C#N)cnc32)ncc1-n1cc(C2CCC(CCN3CCC(c4cccc5c(N6CCC(=O)NC6=O)nn(C)c45)CC3)CC2)nn1. The van der Waals surface area contributed by atoms with Gasteiger partial charge in [0.05, 0.1) is 47.1 Å². The Kier molecular flexibility index (Phi) is 10.2. The van der Waals surface area contributed by atoms with Crippen LogP contribution in [0.4, 0.5) is 16.3 Å². The number of amides is 3. The Hall–Kier alpha value is -6.72. The third kappa shape index (κ3) is 7.45. The smallest absolute Gasteiger partial charge is 0.329 e. The van der Waals surface area contributed by atoms with E-state index in [1.54, 1.807) is 39.6 Å². The molecule has 9 rings (SSSR count). The third-order valence-corrected chi connectivity index (χ3v) is 12.3. The number of rotatable bonds is 10. The number of pyridine rings is 2. The number of carbonyl (C=O) groups is 2. The molecule has 1 aliphatic carbocycles. The maximum atomic E-state index is 12.6. The molecule has 3 aliphatic rings. The van der Waals surface area contributed by atoms with Crippen LogP contribution in [0, 0.1) is 28.6 Å². The molecule has 0 bridgehead atoms. The van der Waals surface area contributed by atoms with E-state index in [0.29, 0.717) is 58.5 Å². The van der Waals surface area contributed by atoms with Gasteiger partial charge in [0.15, 0.2) is 17.3 Å². The average Bonchev–Trinajstić information content (AvgIpc) is 4.01. The molecule has 0 radical (unpaired) electrons. The zero-order valence-electron chi connectivity index (χ0n) is 33.1. The van der Waals surface area contributed by atoms with Gasteiger partial charge in [-0.25, -0.2) is 19.4 Å². The van der Waals surface area contributed by atoms with Gasteiger partial charge in [-0.15, -0.1) is 5.10 Å². The number of fused-ring (bicyclic) bond motifs is 2. The number of anilines is 2. The van der Waals surface area contributed by atoms with Gasteiger partial charge in [0.25, 0.3) is 0 Å². The Morgan fingerprint density at radius 2 is 1.81 bits per heavy atom. The van der Waals surface area contributed by atoms with Gasteiger partial charge >= 0.3 is 6.03 Å².